The van der Waals surface area contributed by atoms with Gasteiger partial charge < -0.3 is 5.73 Å². The van der Waals surface area contributed by atoms with Crippen LogP contribution >= 0.6 is 0 Å². The SMILES string of the molecule is CCCC(CC)n1nnnc1-c1cc(N)c(C)c(F)c1. The van der Waals surface area contributed by atoms with E-state index in [2.05, 4.69) is 29.4 Å². The van der Waals surface area contributed by atoms with Gasteiger partial charge in [-0.1, -0.05) is 20.3 Å². The van der Waals surface area contributed by atoms with Gasteiger partial charge >= 0.3 is 0 Å². The summed E-state index contributed by atoms with van der Waals surface area (Å²) >= 11 is 0. The van der Waals surface area contributed by atoms with E-state index >= 15 is 0 Å². The van der Waals surface area contributed by atoms with Gasteiger partial charge in [0.1, 0.15) is 5.82 Å². The zero-order valence-corrected chi connectivity index (χ0v) is 12.1. The number of tetrazole rings is 1. The Bertz CT molecular complexity index is 570. The average molecular weight is 277 g/mol. The summed E-state index contributed by atoms with van der Waals surface area (Å²) in [6.45, 7) is 5.87. The molecule has 5 nitrogen and oxygen atoms in total. The van der Waals surface area contributed by atoms with Crippen molar-refractivity contribution >= 4 is 5.69 Å². The highest BCUT2D eigenvalue weighted by atomic mass is 19.1. The van der Waals surface area contributed by atoms with Crippen LogP contribution in [-0.4, -0.2) is 20.2 Å². The Balaban J connectivity index is 2.46. The molecule has 0 fully saturated rings. The zero-order valence-electron chi connectivity index (χ0n) is 12.1. The topological polar surface area (TPSA) is 69.6 Å². The van der Waals surface area contributed by atoms with E-state index in [4.69, 9.17) is 5.73 Å². The molecule has 0 aliphatic heterocycles. The van der Waals surface area contributed by atoms with Crippen LogP contribution in [-0.2, 0) is 0 Å². The number of hydrogen-bond donors (Lipinski definition) is 1. The zero-order chi connectivity index (χ0) is 14.7. The quantitative estimate of drug-likeness (QED) is 0.852. The van der Waals surface area contributed by atoms with Gasteiger partial charge in [-0.2, -0.15) is 0 Å². The van der Waals surface area contributed by atoms with E-state index in [0.717, 1.165) is 19.3 Å². The van der Waals surface area contributed by atoms with E-state index in [1.807, 2.05) is 0 Å². The Morgan fingerprint density at radius 1 is 1.35 bits per heavy atom. The van der Waals surface area contributed by atoms with E-state index in [0.29, 0.717) is 22.6 Å². The van der Waals surface area contributed by atoms with Crippen LogP contribution in [0.2, 0.25) is 0 Å². The molecule has 1 unspecified atom stereocenters. The Morgan fingerprint density at radius 2 is 2.10 bits per heavy atom. The van der Waals surface area contributed by atoms with Gasteiger partial charge in [0.15, 0.2) is 5.82 Å². The van der Waals surface area contributed by atoms with E-state index in [-0.39, 0.29) is 11.9 Å². The molecule has 0 aliphatic carbocycles. The van der Waals surface area contributed by atoms with Crippen molar-refractivity contribution in [2.24, 2.45) is 0 Å². The summed E-state index contributed by atoms with van der Waals surface area (Å²) in [5.74, 6) is 0.231. The van der Waals surface area contributed by atoms with Crippen molar-refractivity contribution in [2.75, 3.05) is 5.73 Å². The maximum atomic E-state index is 13.8. The molecule has 0 aliphatic rings. The van der Waals surface area contributed by atoms with Crippen molar-refractivity contribution in [3.63, 3.8) is 0 Å². The number of rotatable bonds is 5. The molecule has 0 radical (unpaired) electrons. The normalized spacial score (nSPS) is 12.6. The summed E-state index contributed by atoms with van der Waals surface area (Å²) in [5.41, 5.74) is 7.31. The second-order valence-corrected chi connectivity index (χ2v) is 4.97. The Kier molecular flexibility index (Phi) is 4.32. The summed E-state index contributed by atoms with van der Waals surface area (Å²) < 4.78 is 15.6. The van der Waals surface area contributed by atoms with Crippen LogP contribution in [0.3, 0.4) is 0 Å². The summed E-state index contributed by atoms with van der Waals surface area (Å²) in [4.78, 5) is 0. The molecule has 0 bridgehead atoms. The molecular weight excluding hydrogens is 257 g/mol. The number of nitrogen functional groups attached to an aromatic ring is 1. The number of nitrogens with zero attached hydrogens (tertiary/aromatic N) is 4. The lowest BCUT2D eigenvalue weighted by Crippen LogP contribution is -2.11. The minimum absolute atomic E-state index is 0.218. The minimum Gasteiger partial charge on any atom is -0.398 e. The molecule has 1 atom stereocenters. The first-order chi connectivity index (χ1) is 9.58. The molecule has 0 spiro atoms. The largest absolute Gasteiger partial charge is 0.398 e. The Morgan fingerprint density at radius 3 is 2.70 bits per heavy atom. The van der Waals surface area contributed by atoms with Crippen molar-refractivity contribution in [2.45, 2.75) is 46.1 Å². The van der Waals surface area contributed by atoms with Crippen LogP contribution in [0.1, 0.15) is 44.7 Å². The van der Waals surface area contributed by atoms with Crippen LogP contribution in [0.25, 0.3) is 11.4 Å². The summed E-state index contributed by atoms with van der Waals surface area (Å²) in [6.07, 6.45) is 2.95. The molecule has 6 heteroatoms. The minimum atomic E-state index is -0.335. The molecule has 0 saturated heterocycles. The van der Waals surface area contributed by atoms with E-state index in [9.17, 15) is 4.39 Å². The van der Waals surface area contributed by atoms with Crippen molar-refractivity contribution in [1.29, 1.82) is 0 Å². The van der Waals surface area contributed by atoms with Crippen LogP contribution < -0.4 is 5.73 Å². The average Bonchev–Trinajstić information content (AvgIpc) is 2.90. The molecule has 108 valence electrons. The summed E-state index contributed by atoms with van der Waals surface area (Å²) in [6, 6.07) is 3.38. The van der Waals surface area contributed by atoms with Crippen LogP contribution in [0, 0.1) is 12.7 Å². The molecular formula is C14H20FN5. The highest BCUT2D eigenvalue weighted by Crippen LogP contribution is 2.27. The fourth-order valence-corrected chi connectivity index (χ4v) is 2.29. The smallest absolute Gasteiger partial charge is 0.182 e. The number of halogens is 1. The fraction of sp³-hybridized carbons (Fsp3) is 0.500. The monoisotopic (exact) mass is 277 g/mol. The fourth-order valence-electron chi connectivity index (χ4n) is 2.29. The van der Waals surface area contributed by atoms with Crippen molar-refractivity contribution in [1.82, 2.24) is 20.2 Å². The number of anilines is 1. The third-order valence-electron chi connectivity index (χ3n) is 3.57. The van der Waals surface area contributed by atoms with Gasteiger partial charge in [0.05, 0.1) is 6.04 Å². The first-order valence-electron chi connectivity index (χ1n) is 6.92. The first-order valence-corrected chi connectivity index (χ1v) is 6.92. The molecule has 0 saturated carbocycles. The third kappa shape index (κ3) is 2.64. The van der Waals surface area contributed by atoms with E-state index in [1.165, 1.54) is 6.07 Å². The van der Waals surface area contributed by atoms with Crippen molar-refractivity contribution in [3.8, 4) is 11.4 Å². The van der Waals surface area contributed by atoms with Crippen LogP contribution in [0.4, 0.5) is 10.1 Å². The second-order valence-electron chi connectivity index (χ2n) is 4.97. The van der Waals surface area contributed by atoms with E-state index < -0.39 is 0 Å². The van der Waals surface area contributed by atoms with Gasteiger partial charge in [-0.3, -0.25) is 0 Å². The van der Waals surface area contributed by atoms with Crippen molar-refractivity contribution in [3.05, 3.63) is 23.5 Å². The maximum absolute atomic E-state index is 13.8. The predicted molar refractivity (Wildman–Crippen MR) is 76.6 cm³/mol. The lowest BCUT2D eigenvalue weighted by Gasteiger charge is -2.16. The lowest BCUT2D eigenvalue weighted by molar-refractivity contribution is 0.403. The third-order valence-corrected chi connectivity index (χ3v) is 3.57. The van der Waals surface area contributed by atoms with Gasteiger partial charge in [0, 0.05) is 16.8 Å². The van der Waals surface area contributed by atoms with Crippen LogP contribution in [0.5, 0.6) is 0 Å². The maximum Gasteiger partial charge on any atom is 0.182 e. The predicted octanol–water partition coefficient (Wildman–Crippen LogP) is 3.12. The van der Waals surface area contributed by atoms with Gasteiger partial charge in [-0.25, -0.2) is 9.07 Å². The number of hydrogen-bond acceptors (Lipinski definition) is 4. The standard InChI is InChI=1S/C14H20FN5/c1-4-6-11(5-2)20-14(17-18-19-20)10-7-12(15)9(3)13(16)8-10/h7-8,11H,4-6,16H2,1-3H3. The molecule has 20 heavy (non-hydrogen) atoms. The first kappa shape index (κ1) is 14.4. The second kappa shape index (κ2) is 5.98. The number of aromatic nitrogens is 4. The van der Waals surface area contributed by atoms with Gasteiger partial charge in [-0.05, 0) is 42.3 Å². The molecule has 2 N–H and O–H groups in total. The highest BCUT2D eigenvalue weighted by Gasteiger charge is 2.18. The van der Waals surface area contributed by atoms with Gasteiger partial charge in [0.25, 0.3) is 0 Å². The Labute approximate surface area is 118 Å². The van der Waals surface area contributed by atoms with Crippen LogP contribution in [0.15, 0.2) is 12.1 Å². The molecule has 2 rings (SSSR count). The molecule has 1 heterocycles. The van der Waals surface area contributed by atoms with E-state index in [1.54, 1.807) is 17.7 Å². The molecule has 1 aromatic carbocycles. The molecule has 1 aromatic heterocycles. The summed E-state index contributed by atoms with van der Waals surface area (Å²) in [5, 5.41) is 11.8. The van der Waals surface area contributed by atoms with Crippen molar-refractivity contribution < 1.29 is 4.39 Å². The van der Waals surface area contributed by atoms with Gasteiger partial charge in [-0.15, -0.1) is 5.10 Å². The highest BCUT2D eigenvalue weighted by molar-refractivity contribution is 5.64. The Hall–Kier alpha value is -1.98. The molecule has 0 amide bonds. The van der Waals surface area contributed by atoms with Gasteiger partial charge in [0.2, 0.25) is 0 Å². The molecule has 2 aromatic rings. The number of nitrogens with two attached hydrogens (primary N) is 1. The lowest BCUT2D eigenvalue weighted by atomic mass is 10.1. The number of benzene rings is 1. The summed E-state index contributed by atoms with van der Waals surface area (Å²) in [7, 11) is 0.